The van der Waals surface area contributed by atoms with Crippen LogP contribution >= 0.6 is 0 Å². The number of allylic oxidation sites excluding steroid dienone is 2. The van der Waals surface area contributed by atoms with Crippen LogP contribution < -0.4 is 24.3 Å². The molecule has 1 aliphatic carbocycles. The molecule has 0 fully saturated rings. The molecule has 0 unspecified atom stereocenters. The van der Waals surface area contributed by atoms with Crippen LogP contribution in [0.5, 0.6) is 23.0 Å². The summed E-state index contributed by atoms with van der Waals surface area (Å²) >= 11 is 0. The molecule has 0 amide bonds. The number of benzene rings is 2. The Balaban J connectivity index is 1.56. The van der Waals surface area contributed by atoms with Crippen LogP contribution in [0.4, 0.5) is 5.95 Å². The van der Waals surface area contributed by atoms with Crippen molar-refractivity contribution in [2.75, 3.05) is 33.8 Å². The van der Waals surface area contributed by atoms with Gasteiger partial charge in [-0.25, -0.2) is 4.68 Å². The number of carbonyl (C=O) groups excluding carboxylic acids is 1. The van der Waals surface area contributed by atoms with Gasteiger partial charge in [0, 0.05) is 17.7 Å². The van der Waals surface area contributed by atoms with Gasteiger partial charge in [0.2, 0.25) is 5.95 Å². The fourth-order valence-corrected chi connectivity index (χ4v) is 4.83. The molecule has 0 bridgehead atoms. The summed E-state index contributed by atoms with van der Waals surface area (Å²) in [6, 6.07) is 11.1. The van der Waals surface area contributed by atoms with Crippen LogP contribution in [0.15, 0.2) is 54.0 Å². The van der Waals surface area contributed by atoms with Crippen LogP contribution in [0, 0.1) is 0 Å². The Labute approximate surface area is 197 Å². The Morgan fingerprint density at radius 1 is 0.853 bits per heavy atom. The number of ketones is 1. The SMILES string of the molecule is COc1ccc([C@H]2CC(=O)C3=C(C2)Nc2ncnn2[C@@H]3c2ccc(OC)c(OC)c2)cc1OC. The van der Waals surface area contributed by atoms with E-state index >= 15 is 0 Å². The number of anilines is 1. The molecule has 0 saturated carbocycles. The van der Waals surface area contributed by atoms with E-state index in [0.717, 1.165) is 16.8 Å². The van der Waals surface area contributed by atoms with Crippen LogP contribution in [0.1, 0.15) is 35.9 Å². The zero-order valence-corrected chi connectivity index (χ0v) is 19.5. The van der Waals surface area contributed by atoms with Gasteiger partial charge < -0.3 is 24.3 Å². The lowest BCUT2D eigenvalue weighted by atomic mass is 9.78. The third kappa shape index (κ3) is 3.53. The number of carbonyl (C=O) groups is 1. The number of rotatable bonds is 6. The quantitative estimate of drug-likeness (QED) is 0.592. The molecule has 0 radical (unpaired) electrons. The number of Topliss-reactive ketones (excluding diaryl/α,β-unsaturated/α-hetero) is 1. The molecule has 1 N–H and O–H groups in total. The largest absolute Gasteiger partial charge is 0.493 e. The summed E-state index contributed by atoms with van der Waals surface area (Å²) in [6.07, 6.45) is 2.53. The Morgan fingerprint density at radius 2 is 1.47 bits per heavy atom. The minimum Gasteiger partial charge on any atom is -0.493 e. The lowest BCUT2D eigenvalue weighted by molar-refractivity contribution is -0.116. The van der Waals surface area contributed by atoms with E-state index in [0.29, 0.717) is 47.4 Å². The van der Waals surface area contributed by atoms with Crippen molar-refractivity contribution >= 4 is 11.7 Å². The number of hydrogen-bond donors (Lipinski definition) is 1. The van der Waals surface area contributed by atoms with Gasteiger partial charge in [-0.15, -0.1) is 0 Å². The summed E-state index contributed by atoms with van der Waals surface area (Å²) in [5, 5.41) is 7.76. The second kappa shape index (κ2) is 8.74. The lowest BCUT2D eigenvalue weighted by Crippen LogP contribution is -2.33. The maximum absolute atomic E-state index is 13.6. The van der Waals surface area contributed by atoms with Gasteiger partial charge in [0.15, 0.2) is 28.8 Å². The number of hydrogen-bond acceptors (Lipinski definition) is 8. The average molecular weight is 463 g/mol. The summed E-state index contributed by atoms with van der Waals surface area (Å²) in [6.45, 7) is 0. The molecule has 2 atom stereocenters. The van der Waals surface area contributed by atoms with Crippen LogP contribution in [-0.4, -0.2) is 49.0 Å². The molecule has 34 heavy (non-hydrogen) atoms. The molecule has 176 valence electrons. The van der Waals surface area contributed by atoms with Crippen molar-refractivity contribution in [2.24, 2.45) is 0 Å². The number of nitrogens with zero attached hydrogens (tertiary/aromatic N) is 3. The Bertz CT molecular complexity index is 1280. The number of methoxy groups -OCH3 is 4. The van der Waals surface area contributed by atoms with E-state index in [2.05, 4.69) is 15.4 Å². The van der Waals surface area contributed by atoms with Crippen molar-refractivity contribution in [1.29, 1.82) is 0 Å². The second-order valence-electron chi connectivity index (χ2n) is 8.21. The summed E-state index contributed by atoms with van der Waals surface area (Å²) < 4.78 is 23.5. The van der Waals surface area contributed by atoms with E-state index in [-0.39, 0.29) is 11.7 Å². The van der Waals surface area contributed by atoms with E-state index in [4.69, 9.17) is 18.9 Å². The molecule has 9 heteroatoms. The molecule has 5 rings (SSSR count). The highest BCUT2D eigenvalue weighted by Gasteiger charge is 2.39. The highest BCUT2D eigenvalue weighted by molar-refractivity contribution is 6.00. The van der Waals surface area contributed by atoms with E-state index in [1.807, 2.05) is 36.4 Å². The van der Waals surface area contributed by atoms with Crippen molar-refractivity contribution in [2.45, 2.75) is 24.8 Å². The van der Waals surface area contributed by atoms with Crippen LogP contribution in [0.25, 0.3) is 0 Å². The predicted octanol–water partition coefficient (Wildman–Crippen LogP) is 3.73. The lowest BCUT2D eigenvalue weighted by Gasteiger charge is -2.35. The summed E-state index contributed by atoms with van der Waals surface area (Å²) in [4.78, 5) is 18.0. The average Bonchev–Trinajstić information content (AvgIpc) is 3.34. The number of ether oxygens (including phenoxy) is 4. The summed E-state index contributed by atoms with van der Waals surface area (Å²) in [5.41, 5.74) is 3.45. The van der Waals surface area contributed by atoms with Crippen molar-refractivity contribution in [3.8, 4) is 23.0 Å². The van der Waals surface area contributed by atoms with Crippen molar-refractivity contribution < 1.29 is 23.7 Å². The fourth-order valence-electron chi connectivity index (χ4n) is 4.83. The maximum atomic E-state index is 13.6. The molecule has 0 saturated heterocycles. The molecule has 2 aromatic carbocycles. The molecule has 2 aliphatic rings. The normalized spacial score (nSPS) is 19.1. The standard InChI is InChI=1S/C25H26N4O5/c1-31-19-7-5-14(11-21(19)33-3)16-9-17-23(18(30)10-16)24(29-25(28-17)26-13-27-29)15-6-8-20(32-2)22(12-15)34-4/h5-8,11-13,16,24H,9-10H2,1-4H3,(H,26,27,28)/t16-,24-/m1/s1. The molecule has 3 aromatic rings. The number of fused-ring (bicyclic) bond motifs is 1. The van der Waals surface area contributed by atoms with Gasteiger partial charge in [0.05, 0.1) is 28.4 Å². The molecular formula is C25H26N4O5. The molecular weight excluding hydrogens is 436 g/mol. The van der Waals surface area contributed by atoms with Gasteiger partial charge in [0.1, 0.15) is 12.4 Å². The molecule has 2 heterocycles. The van der Waals surface area contributed by atoms with E-state index in [1.54, 1.807) is 33.1 Å². The monoisotopic (exact) mass is 462 g/mol. The van der Waals surface area contributed by atoms with E-state index < -0.39 is 6.04 Å². The first-order valence-corrected chi connectivity index (χ1v) is 10.9. The molecule has 9 nitrogen and oxygen atoms in total. The Hall–Kier alpha value is -4.01. The Kier molecular flexibility index (Phi) is 5.61. The highest BCUT2D eigenvalue weighted by atomic mass is 16.5. The van der Waals surface area contributed by atoms with Gasteiger partial charge in [0.25, 0.3) is 0 Å². The molecule has 1 aliphatic heterocycles. The smallest absolute Gasteiger partial charge is 0.226 e. The highest BCUT2D eigenvalue weighted by Crippen LogP contribution is 2.45. The van der Waals surface area contributed by atoms with Crippen LogP contribution in [0.3, 0.4) is 0 Å². The molecule has 0 spiro atoms. The predicted molar refractivity (Wildman–Crippen MR) is 125 cm³/mol. The van der Waals surface area contributed by atoms with Gasteiger partial charge >= 0.3 is 0 Å². The van der Waals surface area contributed by atoms with E-state index in [1.165, 1.54) is 6.33 Å². The minimum atomic E-state index is -0.410. The second-order valence-corrected chi connectivity index (χ2v) is 8.21. The third-order valence-corrected chi connectivity index (χ3v) is 6.46. The zero-order chi connectivity index (χ0) is 23.8. The molecule has 1 aromatic heterocycles. The van der Waals surface area contributed by atoms with Crippen LogP contribution in [-0.2, 0) is 4.79 Å². The van der Waals surface area contributed by atoms with Crippen molar-refractivity contribution in [3.63, 3.8) is 0 Å². The summed E-state index contributed by atoms with van der Waals surface area (Å²) in [5.74, 6) is 3.18. The zero-order valence-electron chi connectivity index (χ0n) is 19.5. The van der Waals surface area contributed by atoms with Gasteiger partial charge in [-0.3, -0.25) is 4.79 Å². The first-order chi connectivity index (χ1) is 16.6. The number of nitrogens with one attached hydrogen (secondary N) is 1. The van der Waals surface area contributed by atoms with Gasteiger partial charge in [-0.1, -0.05) is 12.1 Å². The fraction of sp³-hybridized carbons (Fsp3) is 0.320. The maximum Gasteiger partial charge on any atom is 0.226 e. The van der Waals surface area contributed by atoms with E-state index in [9.17, 15) is 4.79 Å². The minimum absolute atomic E-state index is 0.000851. The van der Waals surface area contributed by atoms with Crippen molar-refractivity contribution in [1.82, 2.24) is 14.8 Å². The first-order valence-electron chi connectivity index (χ1n) is 10.9. The van der Waals surface area contributed by atoms with Crippen molar-refractivity contribution in [3.05, 3.63) is 65.1 Å². The Morgan fingerprint density at radius 3 is 2.12 bits per heavy atom. The number of aromatic nitrogens is 3. The van der Waals surface area contributed by atoms with Gasteiger partial charge in [-0.2, -0.15) is 10.1 Å². The van der Waals surface area contributed by atoms with Gasteiger partial charge in [-0.05, 0) is 47.7 Å². The summed E-state index contributed by atoms with van der Waals surface area (Å²) in [7, 11) is 6.40. The van der Waals surface area contributed by atoms with Crippen LogP contribution in [0.2, 0.25) is 0 Å². The topological polar surface area (TPSA) is 96.7 Å². The third-order valence-electron chi connectivity index (χ3n) is 6.46. The first kappa shape index (κ1) is 21.8.